The summed E-state index contributed by atoms with van der Waals surface area (Å²) in [6, 6.07) is 7.85. The summed E-state index contributed by atoms with van der Waals surface area (Å²) < 4.78 is 0.390. The largest absolute Gasteiger partial charge is 0.378 e. The lowest BCUT2D eigenvalue weighted by Gasteiger charge is -2.13. The molecule has 1 aromatic carbocycles. The Kier molecular flexibility index (Phi) is 3.66. The Balaban J connectivity index is 2.24. The van der Waals surface area contributed by atoms with E-state index >= 15 is 0 Å². The number of H-pyrrole nitrogens is 1. The Bertz CT molecular complexity index is 592. The molecule has 0 saturated carbocycles. The fourth-order valence-corrected chi connectivity index (χ4v) is 1.77. The van der Waals surface area contributed by atoms with Crippen molar-refractivity contribution in [3.63, 3.8) is 0 Å². The van der Waals surface area contributed by atoms with E-state index in [2.05, 4.69) is 31.2 Å². The van der Waals surface area contributed by atoms with E-state index in [9.17, 15) is 4.79 Å². The number of nitrogens with one attached hydrogen (secondary N) is 2. The highest BCUT2D eigenvalue weighted by atomic mass is 79.9. The molecule has 0 radical (unpaired) electrons. The van der Waals surface area contributed by atoms with Crippen LogP contribution in [0.1, 0.15) is 0 Å². The molecular weight excluding hydrogens is 296 g/mol. The van der Waals surface area contributed by atoms with Gasteiger partial charge in [0, 0.05) is 25.5 Å². The van der Waals surface area contributed by atoms with E-state index in [4.69, 9.17) is 0 Å². The Morgan fingerprint density at radius 3 is 2.56 bits per heavy atom. The number of rotatable bonds is 3. The maximum absolute atomic E-state index is 11.4. The molecule has 0 unspecified atom stereocenters. The Morgan fingerprint density at radius 1 is 1.28 bits per heavy atom. The van der Waals surface area contributed by atoms with Gasteiger partial charge in [-0.1, -0.05) is 0 Å². The van der Waals surface area contributed by atoms with Gasteiger partial charge in [0.05, 0.1) is 6.33 Å². The van der Waals surface area contributed by atoms with Crippen LogP contribution in [0.4, 0.5) is 17.2 Å². The van der Waals surface area contributed by atoms with Gasteiger partial charge >= 0.3 is 0 Å². The van der Waals surface area contributed by atoms with Crippen LogP contribution in [0.15, 0.2) is 39.9 Å². The molecule has 94 valence electrons. The van der Waals surface area contributed by atoms with E-state index in [1.54, 1.807) is 0 Å². The van der Waals surface area contributed by atoms with Crippen LogP contribution in [0.3, 0.4) is 0 Å². The minimum atomic E-state index is -0.211. The van der Waals surface area contributed by atoms with Crippen molar-refractivity contribution in [2.75, 3.05) is 24.3 Å². The molecule has 0 aliphatic carbocycles. The van der Waals surface area contributed by atoms with Crippen molar-refractivity contribution in [1.29, 1.82) is 0 Å². The van der Waals surface area contributed by atoms with Gasteiger partial charge < -0.3 is 15.2 Å². The molecular formula is C12H13BrN4O. The van der Waals surface area contributed by atoms with Gasteiger partial charge in [0.2, 0.25) is 0 Å². The van der Waals surface area contributed by atoms with Gasteiger partial charge in [-0.05, 0) is 40.2 Å². The molecule has 0 aliphatic rings. The van der Waals surface area contributed by atoms with Crippen molar-refractivity contribution in [3.05, 3.63) is 45.4 Å². The second-order valence-electron chi connectivity index (χ2n) is 3.96. The van der Waals surface area contributed by atoms with Crippen LogP contribution in [-0.4, -0.2) is 24.1 Å². The molecule has 2 rings (SSSR count). The predicted octanol–water partition coefficient (Wildman–Crippen LogP) is 2.34. The lowest BCUT2D eigenvalue weighted by Crippen LogP contribution is -2.10. The number of hydrogen-bond donors (Lipinski definition) is 2. The lowest BCUT2D eigenvalue weighted by atomic mass is 10.2. The average molecular weight is 309 g/mol. The van der Waals surface area contributed by atoms with Crippen LogP contribution in [0, 0.1) is 0 Å². The molecule has 0 fully saturated rings. The van der Waals surface area contributed by atoms with Crippen molar-refractivity contribution in [3.8, 4) is 0 Å². The molecule has 0 saturated heterocycles. The Hall–Kier alpha value is -1.82. The van der Waals surface area contributed by atoms with Crippen LogP contribution in [0.2, 0.25) is 0 Å². The number of aromatic amines is 1. The third kappa shape index (κ3) is 2.70. The first-order valence-corrected chi connectivity index (χ1v) is 6.15. The minimum Gasteiger partial charge on any atom is -0.378 e. The summed E-state index contributed by atoms with van der Waals surface area (Å²) in [6.45, 7) is 0. The van der Waals surface area contributed by atoms with E-state index in [1.165, 1.54) is 6.33 Å². The number of benzene rings is 1. The van der Waals surface area contributed by atoms with Gasteiger partial charge in [-0.2, -0.15) is 0 Å². The van der Waals surface area contributed by atoms with E-state index in [0.717, 1.165) is 11.4 Å². The Labute approximate surface area is 113 Å². The zero-order chi connectivity index (χ0) is 13.1. The van der Waals surface area contributed by atoms with Crippen LogP contribution in [0.25, 0.3) is 0 Å². The van der Waals surface area contributed by atoms with Crippen molar-refractivity contribution in [2.24, 2.45) is 0 Å². The highest BCUT2D eigenvalue weighted by molar-refractivity contribution is 9.10. The van der Waals surface area contributed by atoms with Crippen LogP contribution in [0.5, 0.6) is 0 Å². The maximum atomic E-state index is 11.4. The number of halogens is 1. The molecule has 1 heterocycles. The smallest absolute Gasteiger partial charge is 0.267 e. The first kappa shape index (κ1) is 12.6. The number of aromatic nitrogens is 2. The quantitative estimate of drug-likeness (QED) is 0.913. The summed E-state index contributed by atoms with van der Waals surface area (Å²) >= 11 is 3.20. The summed E-state index contributed by atoms with van der Waals surface area (Å²) in [5.74, 6) is 0.497. The number of nitrogens with zero attached hydrogens (tertiary/aromatic N) is 2. The standard InChI is InChI=1S/C12H13BrN4O/c1-17(2)9-5-3-8(4-6-9)16-11-10(13)12(18)15-7-14-11/h3-7H,1-2H3,(H2,14,15,16,18). The molecule has 6 heteroatoms. The summed E-state index contributed by atoms with van der Waals surface area (Å²) in [4.78, 5) is 20.0. The van der Waals surface area contributed by atoms with Gasteiger partial charge in [0.15, 0.2) is 5.82 Å². The molecule has 0 atom stereocenters. The van der Waals surface area contributed by atoms with Crippen LogP contribution >= 0.6 is 15.9 Å². The van der Waals surface area contributed by atoms with E-state index in [1.807, 2.05) is 43.3 Å². The van der Waals surface area contributed by atoms with Crippen LogP contribution in [-0.2, 0) is 0 Å². The van der Waals surface area contributed by atoms with Crippen molar-refractivity contribution in [1.82, 2.24) is 9.97 Å². The fraction of sp³-hybridized carbons (Fsp3) is 0.167. The predicted molar refractivity (Wildman–Crippen MR) is 76.6 cm³/mol. The highest BCUT2D eigenvalue weighted by Gasteiger charge is 2.05. The summed E-state index contributed by atoms with van der Waals surface area (Å²) in [6.07, 6.45) is 1.36. The normalized spacial score (nSPS) is 10.2. The van der Waals surface area contributed by atoms with Gasteiger partial charge in [0.1, 0.15) is 4.47 Å². The average Bonchev–Trinajstić information content (AvgIpc) is 2.36. The van der Waals surface area contributed by atoms with E-state index in [0.29, 0.717) is 10.3 Å². The maximum Gasteiger partial charge on any atom is 0.267 e. The molecule has 0 amide bonds. The molecule has 0 aliphatic heterocycles. The first-order valence-electron chi connectivity index (χ1n) is 5.35. The molecule has 2 aromatic rings. The lowest BCUT2D eigenvalue weighted by molar-refractivity contribution is 1.10. The Morgan fingerprint density at radius 2 is 1.94 bits per heavy atom. The van der Waals surface area contributed by atoms with Crippen molar-refractivity contribution in [2.45, 2.75) is 0 Å². The summed E-state index contributed by atoms with van der Waals surface area (Å²) in [7, 11) is 3.97. The number of anilines is 3. The topological polar surface area (TPSA) is 61.0 Å². The van der Waals surface area contributed by atoms with Crippen LogP contribution < -0.4 is 15.8 Å². The highest BCUT2D eigenvalue weighted by Crippen LogP contribution is 2.21. The summed E-state index contributed by atoms with van der Waals surface area (Å²) in [5.41, 5.74) is 1.77. The summed E-state index contributed by atoms with van der Waals surface area (Å²) in [5, 5.41) is 3.08. The molecule has 18 heavy (non-hydrogen) atoms. The monoisotopic (exact) mass is 308 g/mol. The third-order valence-corrected chi connectivity index (χ3v) is 3.18. The SMILES string of the molecule is CN(C)c1ccc(Nc2nc[nH]c(=O)c2Br)cc1. The second kappa shape index (κ2) is 5.22. The van der Waals surface area contributed by atoms with Crippen molar-refractivity contribution < 1.29 is 0 Å². The van der Waals surface area contributed by atoms with Gasteiger partial charge in [-0.3, -0.25) is 4.79 Å². The van der Waals surface area contributed by atoms with Gasteiger partial charge in [-0.25, -0.2) is 4.98 Å². The second-order valence-corrected chi connectivity index (χ2v) is 4.75. The molecule has 0 spiro atoms. The third-order valence-electron chi connectivity index (χ3n) is 2.44. The molecule has 5 nitrogen and oxygen atoms in total. The minimum absolute atomic E-state index is 0.211. The zero-order valence-corrected chi connectivity index (χ0v) is 11.7. The number of hydrogen-bond acceptors (Lipinski definition) is 4. The fourth-order valence-electron chi connectivity index (χ4n) is 1.45. The zero-order valence-electron chi connectivity index (χ0n) is 10.1. The van der Waals surface area contributed by atoms with E-state index in [-0.39, 0.29) is 5.56 Å². The van der Waals surface area contributed by atoms with Gasteiger partial charge in [0.25, 0.3) is 5.56 Å². The van der Waals surface area contributed by atoms with Gasteiger partial charge in [-0.15, -0.1) is 0 Å². The van der Waals surface area contributed by atoms with Crippen molar-refractivity contribution >= 4 is 33.1 Å². The van der Waals surface area contributed by atoms with E-state index < -0.39 is 0 Å². The molecule has 1 aromatic heterocycles. The molecule has 0 bridgehead atoms. The first-order chi connectivity index (χ1) is 8.58. The molecule has 2 N–H and O–H groups in total.